The number of benzene rings is 1. The fourth-order valence-corrected chi connectivity index (χ4v) is 1.94. The van der Waals surface area contributed by atoms with E-state index >= 15 is 0 Å². The van der Waals surface area contributed by atoms with Crippen LogP contribution in [0, 0.1) is 11.3 Å². The van der Waals surface area contributed by atoms with Gasteiger partial charge >= 0.3 is 0 Å². The second-order valence-corrected chi connectivity index (χ2v) is 4.20. The number of nitriles is 1. The molecule has 0 atom stereocenters. The van der Waals surface area contributed by atoms with Crippen LogP contribution in [-0.4, -0.2) is 21.7 Å². The molecular formula is C14H11N5O. The normalized spacial score (nSPS) is 10.4. The third-order valence-corrected chi connectivity index (χ3v) is 3.03. The van der Waals surface area contributed by atoms with E-state index in [4.69, 9.17) is 15.7 Å². The molecule has 2 aromatic heterocycles. The summed E-state index contributed by atoms with van der Waals surface area (Å²) in [6.07, 6.45) is 1.45. The average Bonchev–Trinajstić information content (AvgIpc) is 2.93. The minimum absolute atomic E-state index is 0.289. The molecule has 0 radical (unpaired) electrons. The van der Waals surface area contributed by atoms with Gasteiger partial charge in [0, 0.05) is 11.6 Å². The highest BCUT2D eigenvalue weighted by Gasteiger charge is 2.10. The van der Waals surface area contributed by atoms with E-state index in [0.29, 0.717) is 11.2 Å². The number of ether oxygens (including phenoxy) is 1. The molecule has 0 unspecified atom stereocenters. The van der Waals surface area contributed by atoms with Crippen molar-refractivity contribution in [1.82, 2.24) is 14.6 Å². The highest BCUT2D eigenvalue weighted by atomic mass is 16.5. The van der Waals surface area contributed by atoms with Crippen LogP contribution in [-0.2, 0) is 0 Å². The first-order valence-electron chi connectivity index (χ1n) is 5.91. The Labute approximate surface area is 115 Å². The van der Waals surface area contributed by atoms with E-state index in [-0.39, 0.29) is 5.82 Å². The minimum Gasteiger partial charge on any atom is -0.497 e. The molecule has 6 heteroatoms. The number of fused-ring (bicyclic) bond motifs is 1. The van der Waals surface area contributed by atoms with E-state index in [0.717, 1.165) is 17.0 Å². The Morgan fingerprint density at radius 2 is 2.05 bits per heavy atom. The zero-order valence-electron chi connectivity index (χ0n) is 10.7. The summed E-state index contributed by atoms with van der Waals surface area (Å²) in [6.45, 7) is 0. The predicted molar refractivity (Wildman–Crippen MR) is 74.1 cm³/mol. The van der Waals surface area contributed by atoms with Crippen molar-refractivity contribution in [3.63, 3.8) is 0 Å². The molecule has 20 heavy (non-hydrogen) atoms. The van der Waals surface area contributed by atoms with Crippen molar-refractivity contribution < 1.29 is 4.74 Å². The number of aromatic nitrogens is 3. The molecule has 3 aromatic rings. The Morgan fingerprint density at radius 1 is 1.30 bits per heavy atom. The summed E-state index contributed by atoms with van der Waals surface area (Å²) in [6, 6.07) is 11.3. The second-order valence-electron chi connectivity index (χ2n) is 4.20. The number of hydrogen-bond acceptors (Lipinski definition) is 5. The lowest BCUT2D eigenvalue weighted by Gasteiger charge is -2.00. The van der Waals surface area contributed by atoms with E-state index in [9.17, 15) is 0 Å². The molecule has 0 aliphatic rings. The molecule has 0 bridgehead atoms. The zero-order valence-corrected chi connectivity index (χ0v) is 10.7. The van der Waals surface area contributed by atoms with Crippen LogP contribution in [0.15, 0.2) is 36.5 Å². The number of hydrogen-bond donors (Lipinski definition) is 1. The largest absolute Gasteiger partial charge is 0.497 e. The van der Waals surface area contributed by atoms with Crippen LogP contribution in [0.5, 0.6) is 5.75 Å². The van der Waals surface area contributed by atoms with Gasteiger partial charge in [0.2, 0.25) is 0 Å². The van der Waals surface area contributed by atoms with Crippen molar-refractivity contribution in [2.75, 3.05) is 12.8 Å². The maximum atomic E-state index is 8.93. The van der Waals surface area contributed by atoms with Crippen LogP contribution in [0.3, 0.4) is 0 Å². The summed E-state index contributed by atoms with van der Waals surface area (Å²) in [5.74, 6) is 1.07. The van der Waals surface area contributed by atoms with Gasteiger partial charge in [-0.05, 0) is 24.3 Å². The summed E-state index contributed by atoms with van der Waals surface area (Å²) in [5.41, 5.74) is 8.46. The second kappa shape index (κ2) is 4.55. The van der Waals surface area contributed by atoms with E-state index in [1.807, 2.05) is 36.4 Å². The molecule has 2 heterocycles. The molecule has 0 saturated heterocycles. The van der Waals surface area contributed by atoms with Gasteiger partial charge in [0.05, 0.1) is 19.0 Å². The van der Waals surface area contributed by atoms with Gasteiger partial charge in [0.1, 0.15) is 23.2 Å². The van der Waals surface area contributed by atoms with Gasteiger partial charge in [-0.15, -0.1) is 0 Å². The minimum atomic E-state index is 0.289. The van der Waals surface area contributed by atoms with Crippen molar-refractivity contribution in [3.8, 4) is 23.1 Å². The maximum absolute atomic E-state index is 8.93. The fourth-order valence-electron chi connectivity index (χ4n) is 1.94. The quantitative estimate of drug-likeness (QED) is 0.763. The number of methoxy groups -OCH3 is 1. The summed E-state index contributed by atoms with van der Waals surface area (Å²) in [7, 11) is 1.62. The first kappa shape index (κ1) is 12.0. The highest BCUT2D eigenvalue weighted by molar-refractivity contribution is 5.67. The molecule has 0 amide bonds. The van der Waals surface area contributed by atoms with Crippen LogP contribution in [0.1, 0.15) is 5.56 Å². The first-order valence-corrected chi connectivity index (χ1v) is 5.91. The molecule has 2 N–H and O–H groups in total. The van der Waals surface area contributed by atoms with Gasteiger partial charge in [0.15, 0.2) is 5.65 Å². The molecule has 98 valence electrons. The summed E-state index contributed by atoms with van der Waals surface area (Å²) < 4.78 is 6.59. The fraction of sp³-hybridized carbons (Fsp3) is 0.0714. The standard InChI is InChI=1S/C14H11N5O/c1-20-11-4-2-9(3-5-11)12-6-13-17-8-10(7-15)14(16)19(13)18-12/h2-6,8H,16H2,1H3. The average molecular weight is 265 g/mol. The van der Waals surface area contributed by atoms with Crippen molar-refractivity contribution in [1.29, 1.82) is 5.26 Å². The van der Waals surface area contributed by atoms with Gasteiger partial charge in [-0.1, -0.05) is 0 Å². The van der Waals surface area contributed by atoms with Crippen molar-refractivity contribution in [2.45, 2.75) is 0 Å². The maximum Gasteiger partial charge on any atom is 0.157 e. The summed E-state index contributed by atoms with van der Waals surface area (Å²) >= 11 is 0. The number of anilines is 1. The van der Waals surface area contributed by atoms with Crippen LogP contribution >= 0.6 is 0 Å². The Hall–Kier alpha value is -3.07. The van der Waals surface area contributed by atoms with Crippen molar-refractivity contribution in [3.05, 3.63) is 42.1 Å². The zero-order chi connectivity index (χ0) is 14.1. The highest BCUT2D eigenvalue weighted by Crippen LogP contribution is 2.23. The third-order valence-electron chi connectivity index (χ3n) is 3.03. The summed E-state index contributed by atoms with van der Waals surface area (Å²) in [4.78, 5) is 4.17. The smallest absolute Gasteiger partial charge is 0.157 e. The first-order chi connectivity index (χ1) is 9.72. The number of nitrogens with two attached hydrogens (primary N) is 1. The molecule has 3 rings (SSSR count). The SMILES string of the molecule is COc1ccc(-c2cc3ncc(C#N)c(N)n3n2)cc1. The van der Waals surface area contributed by atoms with Crippen LogP contribution in [0.25, 0.3) is 16.9 Å². The van der Waals surface area contributed by atoms with Crippen molar-refractivity contribution >= 4 is 11.5 Å². The van der Waals surface area contributed by atoms with E-state index < -0.39 is 0 Å². The van der Waals surface area contributed by atoms with Gasteiger partial charge in [-0.3, -0.25) is 0 Å². The van der Waals surface area contributed by atoms with Gasteiger partial charge < -0.3 is 10.5 Å². The molecule has 1 aromatic carbocycles. The van der Waals surface area contributed by atoms with Gasteiger partial charge in [0.25, 0.3) is 0 Å². The molecule has 6 nitrogen and oxygen atoms in total. The monoisotopic (exact) mass is 265 g/mol. The predicted octanol–water partition coefficient (Wildman–Crippen LogP) is 1.86. The number of nitrogen functional groups attached to an aromatic ring is 1. The van der Waals surface area contributed by atoms with Crippen LogP contribution in [0.4, 0.5) is 5.82 Å². The van der Waals surface area contributed by atoms with E-state index in [1.54, 1.807) is 7.11 Å². The molecule has 0 saturated carbocycles. The lowest BCUT2D eigenvalue weighted by atomic mass is 10.1. The number of rotatable bonds is 2. The van der Waals surface area contributed by atoms with Crippen molar-refractivity contribution in [2.24, 2.45) is 0 Å². The summed E-state index contributed by atoms with van der Waals surface area (Å²) in [5, 5.41) is 13.3. The molecular weight excluding hydrogens is 254 g/mol. The molecule has 0 aliphatic heterocycles. The lowest BCUT2D eigenvalue weighted by molar-refractivity contribution is 0.415. The third kappa shape index (κ3) is 1.82. The van der Waals surface area contributed by atoms with Crippen LogP contribution < -0.4 is 10.5 Å². The van der Waals surface area contributed by atoms with Gasteiger partial charge in [-0.25, -0.2) is 4.98 Å². The topological polar surface area (TPSA) is 89.2 Å². The molecule has 0 aliphatic carbocycles. The Morgan fingerprint density at radius 3 is 2.70 bits per heavy atom. The molecule has 0 fully saturated rings. The Bertz CT molecular complexity index is 814. The Kier molecular flexibility index (Phi) is 2.73. The molecule has 0 spiro atoms. The van der Waals surface area contributed by atoms with Crippen LogP contribution in [0.2, 0.25) is 0 Å². The van der Waals surface area contributed by atoms with E-state index in [2.05, 4.69) is 10.1 Å². The Balaban J connectivity index is 2.13. The lowest BCUT2D eigenvalue weighted by Crippen LogP contribution is -2.02. The number of nitrogens with zero attached hydrogens (tertiary/aromatic N) is 4. The van der Waals surface area contributed by atoms with Gasteiger partial charge in [-0.2, -0.15) is 14.9 Å². The van der Waals surface area contributed by atoms with E-state index in [1.165, 1.54) is 10.7 Å².